The molecule has 1 rings (SSSR count). The normalized spacial score (nSPS) is 14.7. The third kappa shape index (κ3) is 3.46. The van der Waals surface area contributed by atoms with E-state index in [1.165, 1.54) is 18.3 Å². The van der Waals surface area contributed by atoms with Crippen LogP contribution in [0.4, 0.5) is 4.79 Å². The number of rotatable bonds is 3. The second-order valence-corrected chi connectivity index (χ2v) is 5.85. The average molecular weight is 271 g/mol. The molecule has 0 saturated carbocycles. The van der Waals surface area contributed by atoms with Crippen molar-refractivity contribution in [2.24, 2.45) is 0 Å². The minimum atomic E-state index is -1.48. The Balaban J connectivity index is 2.89. The Morgan fingerprint density at radius 3 is 2.33 bits per heavy atom. The molecule has 0 bridgehead atoms. The van der Waals surface area contributed by atoms with Crippen LogP contribution in [0.1, 0.15) is 33.3 Å². The van der Waals surface area contributed by atoms with Crippen LogP contribution in [0.3, 0.4) is 0 Å². The summed E-state index contributed by atoms with van der Waals surface area (Å²) in [6.07, 6.45) is -0.751. The van der Waals surface area contributed by atoms with Gasteiger partial charge in [-0.15, -0.1) is 0 Å². The zero-order valence-electron chi connectivity index (χ0n) is 10.8. The molecule has 0 aromatic carbocycles. The maximum atomic E-state index is 11.7. The Labute approximate surface area is 110 Å². The van der Waals surface area contributed by atoms with Crippen LogP contribution in [0.15, 0.2) is 16.8 Å². The van der Waals surface area contributed by atoms with E-state index in [2.05, 4.69) is 5.32 Å². The second kappa shape index (κ2) is 4.97. The van der Waals surface area contributed by atoms with Gasteiger partial charge in [-0.1, -0.05) is 0 Å². The van der Waals surface area contributed by atoms with Crippen molar-refractivity contribution in [3.05, 3.63) is 22.4 Å². The lowest BCUT2D eigenvalue weighted by Crippen LogP contribution is -2.50. The van der Waals surface area contributed by atoms with Gasteiger partial charge in [-0.2, -0.15) is 11.3 Å². The van der Waals surface area contributed by atoms with Gasteiger partial charge in [0.25, 0.3) is 0 Å². The molecular formula is C12H17NO4S. The van der Waals surface area contributed by atoms with Crippen LogP contribution in [-0.4, -0.2) is 22.8 Å². The fraction of sp³-hybridized carbons (Fsp3) is 0.500. The average Bonchev–Trinajstić information content (AvgIpc) is 2.66. The molecule has 18 heavy (non-hydrogen) atoms. The molecule has 1 amide bonds. The van der Waals surface area contributed by atoms with Crippen molar-refractivity contribution < 1.29 is 19.4 Å². The number of thiophene rings is 1. The van der Waals surface area contributed by atoms with Gasteiger partial charge in [0.1, 0.15) is 5.60 Å². The summed E-state index contributed by atoms with van der Waals surface area (Å²) in [4.78, 5) is 23.0. The molecule has 1 aromatic heterocycles. The van der Waals surface area contributed by atoms with Crippen molar-refractivity contribution in [1.29, 1.82) is 0 Å². The Kier molecular flexibility index (Phi) is 4.01. The van der Waals surface area contributed by atoms with E-state index in [0.717, 1.165) is 0 Å². The smallest absolute Gasteiger partial charge is 0.408 e. The molecule has 0 aliphatic heterocycles. The lowest BCUT2D eigenvalue weighted by Gasteiger charge is -2.28. The van der Waals surface area contributed by atoms with Crippen LogP contribution in [-0.2, 0) is 15.1 Å². The first-order valence-corrected chi connectivity index (χ1v) is 6.37. The fourth-order valence-electron chi connectivity index (χ4n) is 1.31. The Morgan fingerprint density at radius 1 is 1.33 bits per heavy atom. The van der Waals surface area contributed by atoms with Crippen molar-refractivity contribution in [1.82, 2.24) is 5.32 Å². The maximum absolute atomic E-state index is 11.7. The molecule has 6 heteroatoms. The summed E-state index contributed by atoms with van der Waals surface area (Å²) in [5, 5.41) is 15.1. The molecule has 1 heterocycles. The van der Waals surface area contributed by atoms with Crippen molar-refractivity contribution in [3.63, 3.8) is 0 Å². The van der Waals surface area contributed by atoms with Crippen molar-refractivity contribution >= 4 is 23.4 Å². The highest BCUT2D eigenvalue weighted by atomic mass is 32.1. The molecule has 0 fully saturated rings. The molecule has 0 radical (unpaired) electrons. The van der Waals surface area contributed by atoms with E-state index in [1.807, 2.05) is 0 Å². The first kappa shape index (κ1) is 14.5. The van der Waals surface area contributed by atoms with Gasteiger partial charge in [-0.05, 0) is 50.1 Å². The largest absolute Gasteiger partial charge is 0.479 e. The topological polar surface area (TPSA) is 75.6 Å². The fourth-order valence-corrected chi connectivity index (χ4v) is 2.07. The minimum absolute atomic E-state index is 0.519. The van der Waals surface area contributed by atoms with E-state index in [4.69, 9.17) is 4.74 Å². The molecular weight excluding hydrogens is 254 g/mol. The molecule has 100 valence electrons. The number of ether oxygens (including phenoxy) is 1. The van der Waals surface area contributed by atoms with E-state index in [1.54, 1.807) is 37.6 Å². The quantitative estimate of drug-likeness (QED) is 0.886. The summed E-state index contributed by atoms with van der Waals surface area (Å²) in [5.41, 5.74) is -1.63. The van der Waals surface area contributed by atoms with E-state index in [-0.39, 0.29) is 0 Å². The first-order chi connectivity index (χ1) is 8.15. The summed E-state index contributed by atoms with van der Waals surface area (Å²) in [5.74, 6) is -1.13. The van der Waals surface area contributed by atoms with E-state index in [0.29, 0.717) is 5.56 Å². The first-order valence-electron chi connectivity index (χ1n) is 5.42. The summed E-state index contributed by atoms with van der Waals surface area (Å²) in [6.45, 7) is 6.58. The number of carbonyl (C=O) groups is 2. The van der Waals surface area contributed by atoms with Gasteiger partial charge in [-0.25, -0.2) is 9.59 Å². The molecule has 0 saturated heterocycles. The van der Waals surface area contributed by atoms with Crippen LogP contribution in [0, 0.1) is 0 Å². The van der Waals surface area contributed by atoms with Crippen LogP contribution >= 0.6 is 11.3 Å². The molecule has 1 aromatic rings. The molecule has 0 aliphatic rings. The van der Waals surface area contributed by atoms with Gasteiger partial charge in [0, 0.05) is 0 Å². The van der Waals surface area contributed by atoms with Crippen molar-refractivity contribution in [2.45, 2.75) is 38.8 Å². The summed E-state index contributed by atoms with van der Waals surface area (Å²) in [6, 6.07) is 1.66. The van der Waals surface area contributed by atoms with E-state index >= 15 is 0 Å². The number of alkyl carbamates (subject to hydrolysis) is 1. The van der Waals surface area contributed by atoms with E-state index in [9.17, 15) is 14.7 Å². The number of carboxylic acids is 1. The summed E-state index contributed by atoms with van der Waals surface area (Å²) < 4.78 is 5.07. The van der Waals surface area contributed by atoms with Gasteiger partial charge in [-0.3, -0.25) is 0 Å². The third-order valence-corrected chi connectivity index (χ3v) is 2.96. The molecule has 0 unspecified atom stereocenters. The van der Waals surface area contributed by atoms with Crippen molar-refractivity contribution in [2.75, 3.05) is 0 Å². The second-order valence-electron chi connectivity index (χ2n) is 5.07. The van der Waals surface area contributed by atoms with Gasteiger partial charge < -0.3 is 15.2 Å². The molecule has 1 atom stereocenters. The predicted molar refractivity (Wildman–Crippen MR) is 68.7 cm³/mol. The highest BCUT2D eigenvalue weighted by molar-refractivity contribution is 7.08. The van der Waals surface area contributed by atoms with Crippen LogP contribution in [0.2, 0.25) is 0 Å². The highest BCUT2D eigenvalue weighted by Crippen LogP contribution is 2.24. The van der Waals surface area contributed by atoms with Gasteiger partial charge >= 0.3 is 12.1 Å². The number of hydrogen-bond donors (Lipinski definition) is 2. The van der Waals surface area contributed by atoms with E-state index < -0.39 is 23.2 Å². The summed E-state index contributed by atoms with van der Waals surface area (Å²) in [7, 11) is 0. The summed E-state index contributed by atoms with van der Waals surface area (Å²) >= 11 is 1.37. The van der Waals surface area contributed by atoms with Gasteiger partial charge in [0.05, 0.1) is 0 Å². The zero-order valence-corrected chi connectivity index (χ0v) is 11.6. The maximum Gasteiger partial charge on any atom is 0.408 e. The molecule has 0 spiro atoms. The molecule has 2 N–H and O–H groups in total. The van der Waals surface area contributed by atoms with Crippen LogP contribution in [0.25, 0.3) is 0 Å². The number of carboxylic acid groups (broad SMARTS) is 1. The third-order valence-electron chi connectivity index (χ3n) is 2.28. The highest BCUT2D eigenvalue weighted by Gasteiger charge is 2.38. The molecule has 5 nitrogen and oxygen atoms in total. The van der Waals surface area contributed by atoms with Crippen molar-refractivity contribution in [3.8, 4) is 0 Å². The Morgan fingerprint density at radius 2 is 1.94 bits per heavy atom. The SMILES string of the molecule is CC(C)(C)OC(=O)N[C@](C)(C(=O)O)c1ccsc1. The number of amides is 1. The standard InChI is InChI=1S/C12H17NO4S/c1-11(2,3)17-10(16)13-12(4,9(14)15)8-5-6-18-7-8/h5-7H,1-4H3,(H,13,16)(H,14,15)/t12-/m0/s1. The molecule has 0 aliphatic carbocycles. The monoisotopic (exact) mass is 271 g/mol. The lowest BCUT2D eigenvalue weighted by atomic mass is 9.95. The number of aliphatic carboxylic acids is 1. The predicted octanol–water partition coefficient (Wildman–Crippen LogP) is 2.57. The van der Waals surface area contributed by atoms with Gasteiger partial charge in [0.15, 0.2) is 5.54 Å². The number of carbonyl (C=O) groups excluding carboxylic acids is 1. The number of hydrogen-bond acceptors (Lipinski definition) is 4. The minimum Gasteiger partial charge on any atom is -0.479 e. The zero-order chi connectivity index (χ0) is 14.0. The lowest BCUT2D eigenvalue weighted by molar-refractivity contribution is -0.144. The Hall–Kier alpha value is -1.56. The van der Waals surface area contributed by atoms with Crippen LogP contribution in [0.5, 0.6) is 0 Å². The van der Waals surface area contributed by atoms with Gasteiger partial charge in [0.2, 0.25) is 0 Å². The number of nitrogens with one attached hydrogen (secondary N) is 1. The Bertz CT molecular complexity index is 435. The van der Waals surface area contributed by atoms with Crippen LogP contribution < -0.4 is 5.32 Å².